The van der Waals surface area contributed by atoms with Crippen LogP contribution in [0.1, 0.15) is 29.2 Å². The van der Waals surface area contributed by atoms with E-state index in [0.29, 0.717) is 29.0 Å². The van der Waals surface area contributed by atoms with Crippen LogP contribution in [0.15, 0.2) is 51.7 Å². The quantitative estimate of drug-likeness (QED) is 0.299. The van der Waals surface area contributed by atoms with Crippen molar-refractivity contribution in [2.24, 2.45) is 14.1 Å². The molecule has 1 aromatic carbocycles. The molecule has 3 heterocycles. The SMILES string of the molecule is C=CCn1c(S[C@@H](C)C(=O)c2c(N)n(C)c(=O)n(C)c2=O)nnc1[C@H]1COc2ccccc2O1. The Labute approximate surface area is 198 Å². The molecule has 0 amide bonds. The number of anilines is 1. The summed E-state index contributed by atoms with van der Waals surface area (Å²) in [5.41, 5.74) is 4.37. The third-order valence-corrected chi connectivity index (χ3v) is 6.54. The molecular weight excluding hydrogens is 460 g/mol. The predicted octanol–water partition coefficient (Wildman–Crippen LogP) is 1.32. The molecular formula is C22H24N6O5S. The van der Waals surface area contributed by atoms with Crippen molar-refractivity contribution in [1.29, 1.82) is 0 Å². The zero-order chi connectivity index (χ0) is 24.6. The number of nitrogen functional groups attached to an aromatic ring is 1. The van der Waals surface area contributed by atoms with Crippen molar-refractivity contribution in [2.45, 2.75) is 30.0 Å². The number of ether oxygens (including phenoxy) is 2. The summed E-state index contributed by atoms with van der Waals surface area (Å²) >= 11 is 1.12. The number of carbonyl (C=O) groups excluding carboxylic acids is 1. The normalized spacial score (nSPS) is 15.7. The molecule has 0 saturated heterocycles. The summed E-state index contributed by atoms with van der Waals surface area (Å²) in [6, 6.07) is 7.34. The van der Waals surface area contributed by atoms with Gasteiger partial charge in [-0.1, -0.05) is 30.0 Å². The lowest BCUT2D eigenvalue weighted by molar-refractivity contribution is 0.0821. The maximum Gasteiger partial charge on any atom is 0.332 e. The number of para-hydroxylation sites is 2. The number of hydrogen-bond acceptors (Lipinski definition) is 9. The first-order valence-electron chi connectivity index (χ1n) is 10.4. The first-order chi connectivity index (χ1) is 16.2. The van der Waals surface area contributed by atoms with Crippen LogP contribution < -0.4 is 26.5 Å². The molecule has 0 radical (unpaired) electrons. The van der Waals surface area contributed by atoms with Crippen LogP contribution in [0.3, 0.4) is 0 Å². The van der Waals surface area contributed by atoms with E-state index in [1.54, 1.807) is 17.6 Å². The summed E-state index contributed by atoms with van der Waals surface area (Å²) in [6.45, 7) is 6.05. The van der Waals surface area contributed by atoms with Gasteiger partial charge in [0.05, 0.1) is 5.25 Å². The van der Waals surface area contributed by atoms with Gasteiger partial charge in [-0.25, -0.2) is 4.79 Å². The number of rotatable bonds is 7. The molecule has 0 aliphatic carbocycles. The number of aromatic nitrogens is 5. The van der Waals surface area contributed by atoms with Gasteiger partial charge in [-0.3, -0.25) is 23.3 Å². The molecule has 1 aliphatic heterocycles. The summed E-state index contributed by atoms with van der Waals surface area (Å²) < 4.78 is 15.6. The minimum absolute atomic E-state index is 0.176. The second kappa shape index (κ2) is 9.21. The molecule has 3 aromatic rings. The average molecular weight is 485 g/mol. The number of nitrogens with two attached hydrogens (primary N) is 1. The highest BCUT2D eigenvalue weighted by molar-refractivity contribution is 8.00. The Kier molecular flexibility index (Phi) is 6.33. The fourth-order valence-electron chi connectivity index (χ4n) is 3.58. The summed E-state index contributed by atoms with van der Waals surface area (Å²) in [7, 11) is 2.71. The standard InChI is InChI=1S/C22H24N6O5S/c1-5-10-28-19(15-11-32-13-8-6-7-9-14(13)33-15)24-25-21(28)34-12(2)17(29)16-18(23)26(3)22(31)27(4)20(16)30/h5-9,12,15H,1,10-11,23H2,2-4H3/t12-,15+/m0/s1. The molecule has 4 rings (SSSR count). The second-order valence-corrected chi connectivity index (χ2v) is 9.00. The van der Waals surface area contributed by atoms with E-state index >= 15 is 0 Å². The number of allylic oxidation sites excluding steroid dienone is 1. The van der Waals surface area contributed by atoms with E-state index < -0.39 is 28.4 Å². The number of hydrogen-bond donors (Lipinski definition) is 1. The molecule has 1 aliphatic rings. The minimum atomic E-state index is -0.739. The van der Waals surface area contributed by atoms with Gasteiger partial charge >= 0.3 is 5.69 Å². The minimum Gasteiger partial charge on any atom is -0.485 e. The molecule has 2 N–H and O–H groups in total. The highest BCUT2D eigenvalue weighted by Crippen LogP contribution is 2.36. The Balaban J connectivity index is 1.62. The number of fused-ring (bicyclic) bond motifs is 1. The van der Waals surface area contributed by atoms with Gasteiger partial charge in [0, 0.05) is 20.6 Å². The molecule has 0 bridgehead atoms. The van der Waals surface area contributed by atoms with Crippen molar-refractivity contribution in [3.05, 3.63) is 69.1 Å². The van der Waals surface area contributed by atoms with Gasteiger partial charge < -0.3 is 15.2 Å². The molecule has 0 unspecified atom stereocenters. The molecule has 0 saturated carbocycles. The number of ketones is 1. The van der Waals surface area contributed by atoms with Crippen molar-refractivity contribution >= 4 is 23.4 Å². The number of Topliss-reactive ketones (excluding diaryl/α,β-unsaturated/α-hetero) is 1. The second-order valence-electron chi connectivity index (χ2n) is 7.69. The van der Waals surface area contributed by atoms with Crippen LogP contribution in [0, 0.1) is 0 Å². The van der Waals surface area contributed by atoms with Crippen molar-refractivity contribution in [2.75, 3.05) is 12.3 Å². The highest BCUT2D eigenvalue weighted by Gasteiger charge is 2.31. The van der Waals surface area contributed by atoms with Gasteiger partial charge in [0.2, 0.25) is 0 Å². The average Bonchev–Trinajstić information content (AvgIpc) is 3.23. The molecule has 2 aromatic heterocycles. The first kappa shape index (κ1) is 23.4. The number of benzene rings is 1. The van der Waals surface area contributed by atoms with Crippen LogP contribution in [0.5, 0.6) is 11.5 Å². The van der Waals surface area contributed by atoms with E-state index in [0.717, 1.165) is 20.9 Å². The molecule has 178 valence electrons. The largest absolute Gasteiger partial charge is 0.485 e. The van der Waals surface area contributed by atoms with E-state index in [2.05, 4.69) is 16.8 Å². The summed E-state index contributed by atoms with van der Waals surface area (Å²) in [5.74, 6) is 1.09. The molecule has 11 nitrogen and oxygen atoms in total. The van der Waals surface area contributed by atoms with Gasteiger partial charge in [0.1, 0.15) is 18.0 Å². The Morgan fingerprint density at radius 3 is 2.68 bits per heavy atom. The smallest absolute Gasteiger partial charge is 0.332 e. The monoisotopic (exact) mass is 484 g/mol. The molecule has 34 heavy (non-hydrogen) atoms. The van der Waals surface area contributed by atoms with Crippen LogP contribution in [-0.2, 0) is 20.6 Å². The number of carbonyl (C=O) groups is 1. The van der Waals surface area contributed by atoms with Gasteiger partial charge in [0.25, 0.3) is 5.56 Å². The van der Waals surface area contributed by atoms with E-state index in [1.807, 2.05) is 24.3 Å². The van der Waals surface area contributed by atoms with Crippen LogP contribution in [0.25, 0.3) is 0 Å². The van der Waals surface area contributed by atoms with E-state index in [4.69, 9.17) is 15.2 Å². The third-order valence-electron chi connectivity index (χ3n) is 5.46. The number of nitrogens with zero attached hydrogens (tertiary/aromatic N) is 5. The lowest BCUT2D eigenvalue weighted by Gasteiger charge is -2.26. The van der Waals surface area contributed by atoms with Gasteiger partial charge in [0.15, 0.2) is 34.4 Å². The maximum absolute atomic E-state index is 13.2. The topological polar surface area (TPSA) is 136 Å². The van der Waals surface area contributed by atoms with Gasteiger partial charge in [-0.2, -0.15) is 0 Å². The first-order valence-corrected chi connectivity index (χ1v) is 11.3. The lowest BCUT2D eigenvalue weighted by atomic mass is 10.1. The van der Waals surface area contributed by atoms with E-state index in [9.17, 15) is 14.4 Å². The van der Waals surface area contributed by atoms with Crippen LogP contribution in [0.2, 0.25) is 0 Å². The summed E-state index contributed by atoms with van der Waals surface area (Å²) in [5, 5.41) is 8.23. The Bertz CT molecular complexity index is 1390. The molecule has 12 heteroatoms. The Hall–Kier alpha value is -3.80. The zero-order valence-electron chi connectivity index (χ0n) is 18.9. The summed E-state index contributed by atoms with van der Waals surface area (Å²) in [6.07, 6.45) is 1.18. The fourth-order valence-corrected chi connectivity index (χ4v) is 4.50. The maximum atomic E-state index is 13.2. The fraction of sp³-hybridized carbons (Fsp3) is 0.318. The Morgan fingerprint density at radius 1 is 1.26 bits per heavy atom. The zero-order valence-corrected chi connectivity index (χ0v) is 19.7. The van der Waals surface area contributed by atoms with Crippen LogP contribution >= 0.6 is 11.8 Å². The van der Waals surface area contributed by atoms with Crippen molar-refractivity contribution in [1.82, 2.24) is 23.9 Å². The van der Waals surface area contributed by atoms with Gasteiger partial charge in [-0.05, 0) is 19.1 Å². The lowest BCUT2D eigenvalue weighted by Crippen LogP contribution is -2.42. The predicted molar refractivity (Wildman–Crippen MR) is 127 cm³/mol. The van der Waals surface area contributed by atoms with E-state index in [-0.39, 0.29) is 18.0 Å². The van der Waals surface area contributed by atoms with Crippen molar-refractivity contribution in [3.8, 4) is 11.5 Å². The highest BCUT2D eigenvalue weighted by atomic mass is 32.2. The Morgan fingerprint density at radius 2 is 1.97 bits per heavy atom. The molecule has 0 spiro atoms. The van der Waals surface area contributed by atoms with Crippen LogP contribution in [0.4, 0.5) is 5.82 Å². The van der Waals surface area contributed by atoms with E-state index in [1.165, 1.54) is 14.1 Å². The molecule has 0 fully saturated rings. The van der Waals surface area contributed by atoms with Gasteiger partial charge in [-0.15, -0.1) is 16.8 Å². The van der Waals surface area contributed by atoms with Crippen molar-refractivity contribution in [3.63, 3.8) is 0 Å². The van der Waals surface area contributed by atoms with Crippen LogP contribution in [-0.4, -0.2) is 41.5 Å². The summed E-state index contributed by atoms with van der Waals surface area (Å²) in [4.78, 5) is 37.8. The number of thioether (sulfide) groups is 1. The third kappa shape index (κ3) is 4.00. The molecule has 2 atom stereocenters. The van der Waals surface area contributed by atoms with Crippen molar-refractivity contribution < 1.29 is 14.3 Å².